The maximum atomic E-state index is 14.3. The molecule has 0 aromatic heterocycles. The minimum atomic E-state index is -0.738. The van der Waals surface area contributed by atoms with Gasteiger partial charge in [-0.2, -0.15) is 10.2 Å². The number of phenolic OH excluding ortho intramolecular Hbond substituents is 1. The molecule has 4 aliphatic rings. The number of hydrogen-bond acceptors (Lipinski definition) is 9. The van der Waals surface area contributed by atoms with Gasteiger partial charge in [-0.3, -0.25) is 24.1 Å². The fourth-order valence-electron chi connectivity index (χ4n) is 7.51. The van der Waals surface area contributed by atoms with Gasteiger partial charge < -0.3 is 14.7 Å². The van der Waals surface area contributed by atoms with Crippen LogP contribution in [0.4, 0.5) is 22.7 Å². The molecule has 11 heteroatoms. The summed E-state index contributed by atoms with van der Waals surface area (Å²) < 4.78 is 5.37. The van der Waals surface area contributed by atoms with Crippen molar-refractivity contribution in [2.75, 3.05) is 31.0 Å². The molecule has 1 heterocycles. The van der Waals surface area contributed by atoms with E-state index in [0.29, 0.717) is 39.3 Å². The van der Waals surface area contributed by atoms with Crippen molar-refractivity contribution in [3.63, 3.8) is 0 Å². The highest BCUT2D eigenvalue weighted by atomic mass is 35.5. The summed E-state index contributed by atoms with van der Waals surface area (Å²) in [4.78, 5) is 58.5. The summed E-state index contributed by atoms with van der Waals surface area (Å²) in [5.74, 6) is -3.94. The van der Waals surface area contributed by atoms with Crippen molar-refractivity contribution in [1.82, 2.24) is 0 Å². The zero-order chi connectivity index (χ0) is 34.7. The van der Waals surface area contributed by atoms with E-state index in [1.54, 1.807) is 43.3 Å². The van der Waals surface area contributed by atoms with Gasteiger partial charge in [0.25, 0.3) is 0 Å². The molecule has 1 aliphatic heterocycles. The fraction of sp³-hybridized carbons (Fsp3) is 0.263. The van der Waals surface area contributed by atoms with Crippen molar-refractivity contribution in [1.29, 1.82) is 0 Å². The van der Waals surface area contributed by atoms with Crippen LogP contribution in [-0.4, -0.2) is 49.7 Å². The standard InChI is InChI=1S/C38H33ClN4O6/c1-19-15-30(44)28-18-27-25(32(34(28)35(19)45)20-16-29(39)36(46)31(17-20)49-4)13-14-26-33(27)38(48)43(37(26)47)24-11-7-22(8-12-24)41-40-21-5-9-23(10-6-21)42(2)3/h5-13,15-17,26-27,32-33,46H,14,18H2,1-4H3. The van der Waals surface area contributed by atoms with Crippen molar-refractivity contribution in [3.8, 4) is 11.5 Å². The first-order valence-corrected chi connectivity index (χ1v) is 16.3. The number of ketones is 2. The Balaban J connectivity index is 1.21. The summed E-state index contributed by atoms with van der Waals surface area (Å²) in [6.45, 7) is 1.61. The van der Waals surface area contributed by atoms with Gasteiger partial charge in [-0.15, -0.1) is 0 Å². The van der Waals surface area contributed by atoms with Crippen LogP contribution in [0.1, 0.15) is 31.2 Å². The van der Waals surface area contributed by atoms with Crippen LogP contribution in [0.25, 0.3) is 0 Å². The molecule has 1 saturated heterocycles. The van der Waals surface area contributed by atoms with Crippen LogP contribution in [-0.2, 0) is 19.2 Å². The maximum Gasteiger partial charge on any atom is 0.238 e. The van der Waals surface area contributed by atoms with E-state index >= 15 is 0 Å². The Labute approximate surface area is 288 Å². The lowest BCUT2D eigenvalue weighted by Crippen LogP contribution is -2.39. The van der Waals surface area contributed by atoms with Crippen molar-refractivity contribution >= 4 is 57.7 Å². The Hall–Kier alpha value is -5.35. The first kappa shape index (κ1) is 32.2. The number of phenols is 1. The number of azo groups is 1. The molecular weight excluding hydrogens is 644 g/mol. The van der Waals surface area contributed by atoms with Gasteiger partial charge in [-0.1, -0.05) is 23.3 Å². The highest BCUT2D eigenvalue weighted by Gasteiger charge is 2.56. The topological polar surface area (TPSA) is 129 Å². The Bertz CT molecular complexity index is 2060. The van der Waals surface area contributed by atoms with E-state index in [1.165, 1.54) is 18.1 Å². The quantitative estimate of drug-likeness (QED) is 0.127. The number of ether oxygens (including phenoxy) is 1. The van der Waals surface area contributed by atoms with E-state index < -0.39 is 23.7 Å². The molecule has 3 aromatic carbocycles. The molecule has 1 N–H and O–H groups in total. The zero-order valence-electron chi connectivity index (χ0n) is 27.3. The molecule has 4 atom stereocenters. The largest absolute Gasteiger partial charge is 0.503 e. The van der Waals surface area contributed by atoms with Gasteiger partial charge in [0.1, 0.15) is 0 Å². The molecule has 1 fully saturated rings. The number of carbonyl (C=O) groups is 4. The second kappa shape index (κ2) is 12.3. The summed E-state index contributed by atoms with van der Waals surface area (Å²) in [6, 6.07) is 17.6. The van der Waals surface area contributed by atoms with Gasteiger partial charge in [0, 0.05) is 42.4 Å². The predicted octanol–water partition coefficient (Wildman–Crippen LogP) is 7.17. The first-order valence-electron chi connectivity index (χ1n) is 15.9. The monoisotopic (exact) mass is 676 g/mol. The van der Waals surface area contributed by atoms with E-state index in [9.17, 15) is 24.3 Å². The summed E-state index contributed by atoms with van der Waals surface area (Å²) in [5.41, 5.74) is 5.02. The number of halogens is 1. The zero-order valence-corrected chi connectivity index (χ0v) is 28.1. The van der Waals surface area contributed by atoms with Crippen LogP contribution in [0.5, 0.6) is 11.5 Å². The van der Waals surface area contributed by atoms with Crippen LogP contribution in [0.2, 0.25) is 5.02 Å². The van der Waals surface area contributed by atoms with E-state index in [2.05, 4.69) is 10.2 Å². The first-order chi connectivity index (χ1) is 23.5. The third-order valence-corrected chi connectivity index (χ3v) is 10.2. The summed E-state index contributed by atoms with van der Waals surface area (Å²) >= 11 is 6.41. The molecule has 248 valence electrons. The van der Waals surface area contributed by atoms with Gasteiger partial charge >= 0.3 is 0 Å². The molecule has 10 nitrogen and oxygen atoms in total. The second-order valence-corrected chi connectivity index (χ2v) is 13.3. The van der Waals surface area contributed by atoms with Crippen LogP contribution < -0.4 is 14.5 Å². The number of fused-ring (bicyclic) bond motifs is 3. The number of amides is 2. The van der Waals surface area contributed by atoms with Gasteiger partial charge in [0.05, 0.1) is 41.0 Å². The summed E-state index contributed by atoms with van der Waals surface area (Å²) in [6.07, 6.45) is 3.71. The third kappa shape index (κ3) is 5.36. The number of hydrogen-bond donors (Lipinski definition) is 1. The van der Waals surface area contributed by atoms with Crippen molar-refractivity contribution in [2.24, 2.45) is 28.0 Å². The van der Waals surface area contributed by atoms with Gasteiger partial charge in [-0.25, -0.2) is 0 Å². The molecule has 3 aliphatic carbocycles. The maximum absolute atomic E-state index is 14.3. The minimum absolute atomic E-state index is 0.0262. The van der Waals surface area contributed by atoms with E-state index in [4.69, 9.17) is 16.3 Å². The highest BCUT2D eigenvalue weighted by molar-refractivity contribution is 6.32. The molecule has 0 radical (unpaired) electrons. The average Bonchev–Trinajstić information content (AvgIpc) is 3.36. The molecular formula is C38H33ClN4O6. The lowest BCUT2D eigenvalue weighted by Gasteiger charge is -2.42. The van der Waals surface area contributed by atoms with Gasteiger partial charge in [0.15, 0.2) is 23.1 Å². The molecule has 3 aromatic rings. The van der Waals surface area contributed by atoms with Crippen LogP contribution in [0, 0.1) is 17.8 Å². The normalized spacial score (nSPS) is 23.3. The average molecular weight is 677 g/mol. The van der Waals surface area contributed by atoms with Crippen LogP contribution in [0.3, 0.4) is 0 Å². The lowest BCUT2D eigenvalue weighted by atomic mass is 9.59. The number of imide groups is 1. The summed E-state index contributed by atoms with van der Waals surface area (Å²) in [5, 5.41) is 19.1. The number of benzene rings is 3. The SMILES string of the molecule is COc1cc(C2C3=CCC4C(=O)N(c5ccc(N=Nc6ccc(N(C)C)cc6)cc5)C(=O)C4C3CC3=C2C(=O)C(C)=CC3=O)cc(Cl)c1O. The lowest BCUT2D eigenvalue weighted by molar-refractivity contribution is -0.123. The number of nitrogens with zero attached hydrogens (tertiary/aromatic N) is 4. The van der Waals surface area contributed by atoms with E-state index in [0.717, 1.165) is 11.3 Å². The van der Waals surface area contributed by atoms with E-state index in [-0.39, 0.29) is 52.7 Å². The fourth-order valence-corrected chi connectivity index (χ4v) is 7.73. The number of Topliss-reactive ketones (excluding diaryl/α,β-unsaturated/α-hetero) is 1. The van der Waals surface area contributed by atoms with Gasteiger partial charge in [0.2, 0.25) is 11.8 Å². The third-order valence-electron chi connectivity index (χ3n) is 9.92. The number of rotatable bonds is 6. The molecule has 7 rings (SSSR count). The molecule has 2 amide bonds. The minimum Gasteiger partial charge on any atom is -0.503 e. The Morgan fingerprint density at radius 3 is 2.20 bits per heavy atom. The smallest absolute Gasteiger partial charge is 0.238 e. The van der Waals surface area contributed by atoms with Crippen LogP contribution >= 0.6 is 11.6 Å². The highest BCUT2D eigenvalue weighted by Crippen LogP contribution is 2.56. The molecule has 0 spiro atoms. The molecule has 49 heavy (non-hydrogen) atoms. The second-order valence-electron chi connectivity index (χ2n) is 12.9. The Morgan fingerprint density at radius 1 is 0.918 bits per heavy atom. The molecule has 0 saturated carbocycles. The number of methoxy groups -OCH3 is 1. The number of allylic oxidation sites excluding steroid dienone is 6. The molecule has 4 unspecified atom stereocenters. The summed E-state index contributed by atoms with van der Waals surface area (Å²) in [7, 11) is 5.32. The van der Waals surface area contributed by atoms with Crippen LogP contribution in [0.15, 0.2) is 105 Å². The molecule has 0 bridgehead atoms. The van der Waals surface area contributed by atoms with Gasteiger partial charge in [-0.05, 0) is 98.0 Å². The number of anilines is 2. The van der Waals surface area contributed by atoms with Crippen molar-refractivity contribution in [2.45, 2.75) is 25.7 Å². The predicted molar refractivity (Wildman–Crippen MR) is 185 cm³/mol. The Kier molecular flexibility index (Phi) is 8.07. The van der Waals surface area contributed by atoms with Crippen molar-refractivity contribution < 1.29 is 29.0 Å². The van der Waals surface area contributed by atoms with E-state index in [1.807, 2.05) is 49.3 Å². The number of aromatic hydroxyl groups is 1. The Morgan fingerprint density at radius 2 is 1.57 bits per heavy atom. The number of carbonyl (C=O) groups excluding carboxylic acids is 4. The van der Waals surface area contributed by atoms with Crippen molar-refractivity contribution in [3.05, 3.63) is 106 Å².